The van der Waals surface area contributed by atoms with Gasteiger partial charge in [0.25, 0.3) is 0 Å². The highest BCUT2D eigenvalue weighted by Gasteiger charge is 2.07. The van der Waals surface area contributed by atoms with Crippen molar-refractivity contribution < 1.29 is 4.74 Å². The highest BCUT2D eigenvalue weighted by atomic mass is 16.5. The van der Waals surface area contributed by atoms with Gasteiger partial charge in [0.15, 0.2) is 5.82 Å². The zero-order valence-electron chi connectivity index (χ0n) is 14.7. The Labute approximate surface area is 151 Å². The number of methoxy groups -OCH3 is 1. The number of hydrogen-bond acceptors (Lipinski definition) is 5. The molecule has 0 radical (unpaired) electrons. The molecule has 0 amide bonds. The normalized spacial score (nSPS) is 11.2. The summed E-state index contributed by atoms with van der Waals surface area (Å²) >= 11 is 0. The van der Waals surface area contributed by atoms with Crippen LogP contribution in [0.1, 0.15) is 17.1 Å². The third-order valence-electron chi connectivity index (χ3n) is 4.22. The molecule has 0 aliphatic heterocycles. The minimum atomic E-state index is 0.599. The minimum Gasteiger partial charge on any atom is -0.497 e. The number of imidazole rings is 1. The Kier molecular flexibility index (Phi) is 4.37. The standard InChI is InChI=1S/C19H20N6O/c1-13-7-8-25-15(11-21-18(25)9-13)10-20-12-17-22-19(24-23-17)14-3-5-16(26-2)6-4-14/h3-9,11,20H,10,12H2,1-2H3,(H,22,23,24). The van der Waals surface area contributed by atoms with Crippen LogP contribution in [0.15, 0.2) is 48.8 Å². The van der Waals surface area contributed by atoms with Crippen molar-refractivity contribution in [3.05, 3.63) is 65.9 Å². The van der Waals surface area contributed by atoms with Crippen LogP contribution in [0, 0.1) is 6.92 Å². The summed E-state index contributed by atoms with van der Waals surface area (Å²) < 4.78 is 7.26. The van der Waals surface area contributed by atoms with Crippen molar-refractivity contribution in [2.45, 2.75) is 20.0 Å². The molecule has 0 fully saturated rings. The lowest BCUT2D eigenvalue weighted by Gasteiger charge is -2.03. The number of ether oxygens (including phenoxy) is 1. The Morgan fingerprint density at radius 3 is 2.81 bits per heavy atom. The monoisotopic (exact) mass is 348 g/mol. The first-order valence-electron chi connectivity index (χ1n) is 8.42. The Balaban J connectivity index is 1.39. The van der Waals surface area contributed by atoms with E-state index >= 15 is 0 Å². The quantitative estimate of drug-likeness (QED) is 0.560. The molecule has 7 nitrogen and oxygen atoms in total. The van der Waals surface area contributed by atoms with Crippen LogP contribution in [0.5, 0.6) is 5.75 Å². The van der Waals surface area contributed by atoms with Gasteiger partial charge < -0.3 is 14.5 Å². The number of hydrogen-bond donors (Lipinski definition) is 2. The summed E-state index contributed by atoms with van der Waals surface area (Å²) in [5, 5.41) is 10.6. The first-order valence-corrected chi connectivity index (χ1v) is 8.42. The summed E-state index contributed by atoms with van der Waals surface area (Å²) in [4.78, 5) is 8.98. The zero-order chi connectivity index (χ0) is 17.9. The maximum absolute atomic E-state index is 5.17. The van der Waals surface area contributed by atoms with Crippen molar-refractivity contribution >= 4 is 5.65 Å². The third-order valence-corrected chi connectivity index (χ3v) is 4.22. The lowest BCUT2D eigenvalue weighted by Crippen LogP contribution is -2.15. The SMILES string of the molecule is COc1ccc(-c2n[nH]c(CNCc3cnc4cc(C)ccn34)n2)cc1. The Morgan fingerprint density at radius 2 is 2.00 bits per heavy atom. The number of pyridine rings is 1. The van der Waals surface area contributed by atoms with Crippen molar-refractivity contribution in [3.63, 3.8) is 0 Å². The Bertz CT molecular complexity index is 1020. The Hall–Kier alpha value is -3.19. The van der Waals surface area contributed by atoms with Crippen LogP contribution < -0.4 is 10.1 Å². The largest absolute Gasteiger partial charge is 0.497 e. The number of nitrogens with one attached hydrogen (secondary N) is 2. The third kappa shape index (κ3) is 3.29. The number of H-pyrrole nitrogens is 1. The summed E-state index contributed by atoms with van der Waals surface area (Å²) in [6.07, 6.45) is 3.94. The van der Waals surface area contributed by atoms with Crippen molar-refractivity contribution in [1.29, 1.82) is 0 Å². The van der Waals surface area contributed by atoms with Gasteiger partial charge in [-0.05, 0) is 48.9 Å². The molecule has 0 unspecified atom stereocenters. The first-order chi connectivity index (χ1) is 12.7. The molecule has 1 aromatic carbocycles. The van der Waals surface area contributed by atoms with Gasteiger partial charge in [-0.15, -0.1) is 0 Å². The molecule has 0 spiro atoms. The van der Waals surface area contributed by atoms with Crippen molar-refractivity contribution in [2.24, 2.45) is 0 Å². The van der Waals surface area contributed by atoms with E-state index in [1.165, 1.54) is 5.56 Å². The molecular weight excluding hydrogens is 328 g/mol. The molecule has 0 saturated carbocycles. The zero-order valence-corrected chi connectivity index (χ0v) is 14.7. The minimum absolute atomic E-state index is 0.599. The maximum Gasteiger partial charge on any atom is 0.181 e. The molecule has 7 heteroatoms. The summed E-state index contributed by atoms with van der Waals surface area (Å²) in [6.45, 7) is 3.36. The maximum atomic E-state index is 5.17. The molecule has 0 saturated heterocycles. The lowest BCUT2D eigenvalue weighted by atomic mass is 10.2. The average molecular weight is 348 g/mol. The van der Waals surface area contributed by atoms with Gasteiger partial charge in [0.2, 0.25) is 0 Å². The fraction of sp³-hybridized carbons (Fsp3) is 0.211. The van der Waals surface area contributed by atoms with Crippen LogP contribution >= 0.6 is 0 Å². The summed E-state index contributed by atoms with van der Waals surface area (Å²) in [5.41, 5.74) is 4.22. The number of aromatic amines is 1. The Morgan fingerprint density at radius 1 is 1.15 bits per heavy atom. The number of nitrogens with zero attached hydrogens (tertiary/aromatic N) is 4. The molecule has 3 heterocycles. The molecular formula is C19H20N6O. The fourth-order valence-corrected chi connectivity index (χ4v) is 2.82. The van der Waals surface area contributed by atoms with E-state index in [1.807, 2.05) is 36.7 Å². The van der Waals surface area contributed by atoms with E-state index in [1.54, 1.807) is 7.11 Å². The summed E-state index contributed by atoms with van der Waals surface area (Å²) in [5.74, 6) is 2.28. The van der Waals surface area contributed by atoms with E-state index in [4.69, 9.17) is 4.74 Å². The van der Waals surface area contributed by atoms with E-state index in [0.29, 0.717) is 18.9 Å². The molecule has 2 N–H and O–H groups in total. The molecule has 0 aliphatic carbocycles. The van der Waals surface area contributed by atoms with Gasteiger partial charge in [0.1, 0.15) is 17.2 Å². The highest BCUT2D eigenvalue weighted by molar-refractivity contribution is 5.55. The molecule has 0 atom stereocenters. The number of aryl methyl sites for hydroxylation is 1. The first kappa shape index (κ1) is 16.3. The topological polar surface area (TPSA) is 80.1 Å². The molecule has 132 valence electrons. The van der Waals surface area contributed by atoms with Crippen LogP contribution in [-0.2, 0) is 13.1 Å². The van der Waals surface area contributed by atoms with Crippen molar-refractivity contribution in [2.75, 3.05) is 7.11 Å². The van der Waals surface area contributed by atoms with Gasteiger partial charge in [0, 0.05) is 18.3 Å². The molecule has 0 aliphatic rings. The number of rotatable bonds is 6. The lowest BCUT2D eigenvalue weighted by molar-refractivity contribution is 0.415. The fourth-order valence-electron chi connectivity index (χ4n) is 2.82. The van der Waals surface area contributed by atoms with Crippen LogP contribution in [-0.4, -0.2) is 31.7 Å². The predicted octanol–water partition coefficient (Wildman–Crippen LogP) is 2.73. The van der Waals surface area contributed by atoms with Crippen molar-refractivity contribution in [1.82, 2.24) is 29.9 Å². The summed E-state index contributed by atoms with van der Waals surface area (Å²) in [6, 6.07) is 11.8. The van der Waals surface area contributed by atoms with Crippen LogP contribution in [0.2, 0.25) is 0 Å². The molecule has 3 aromatic heterocycles. The molecule has 26 heavy (non-hydrogen) atoms. The number of aromatic nitrogens is 5. The van der Waals surface area contributed by atoms with E-state index in [2.05, 4.69) is 48.9 Å². The van der Waals surface area contributed by atoms with Crippen LogP contribution in [0.3, 0.4) is 0 Å². The smallest absolute Gasteiger partial charge is 0.181 e. The highest BCUT2D eigenvalue weighted by Crippen LogP contribution is 2.18. The molecule has 4 rings (SSSR count). The number of benzene rings is 1. The van der Waals surface area contributed by atoms with Gasteiger partial charge in [0.05, 0.1) is 25.5 Å². The second-order valence-corrected chi connectivity index (χ2v) is 6.12. The van der Waals surface area contributed by atoms with Gasteiger partial charge in [-0.2, -0.15) is 5.10 Å². The van der Waals surface area contributed by atoms with Crippen LogP contribution in [0.4, 0.5) is 0 Å². The van der Waals surface area contributed by atoms with Gasteiger partial charge in [-0.1, -0.05) is 0 Å². The van der Waals surface area contributed by atoms with E-state index in [-0.39, 0.29) is 0 Å². The number of fused-ring (bicyclic) bond motifs is 1. The van der Waals surface area contributed by atoms with Crippen molar-refractivity contribution in [3.8, 4) is 17.1 Å². The van der Waals surface area contributed by atoms with Gasteiger partial charge in [-0.3, -0.25) is 5.10 Å². The van der Waals surface area contributed by atoms with E-state index in [0.717, 1.165) is 28.5 Å². The molecule has 0 bridgehead atoms. The van der Waals surface area contributed by atoms with Crippen LogP contribution in [0.25, 0.3) is 17.0 Å². The van der Waals surface area contributed by atoms with E-state index < -0.39 is 0 Å². The van der Waals surface area contributed by atoms with Gasteiger partial charge in [-0.25, -0.2) is 9.97 Å². The second-order valence-electron chi connectivity index (χ2n) is 6.12. The van der Waals surface area contributed by atoms with Gasteiger partial charge >= 0.3 is 0 Å². The predicted molar refractivity (Wildman–Crippen MR) is 98.8 cm³/mol. The van der Waals surface area contributed by atoms with E-state index in [9.17, 15) is 0 Å². The average Bonchev–Trinajstić information content (AvgIpc) is 3.29. The molecule has 4 aromatic rings. The summed E-state index contributed by atoms with van der Waals surface area (Å²) in [7, 11) is 1.65. The second kappa shape index (κ2) is 6.97.